The molecule has 0 atom stereocenters. The Kier molecular flexibility index (Phi) is 5.45. The summed E-state index contributed by atoms with van der Waals surface area (Å²) >= 11 is 0. The number of amides is 1. The van der Waals surface area contributed by atoms with Crippen molar-refractivity contribution in [2.45, 2.75) is 59.1 Å². The molecular weight excluding hydrogens is 356 g/mol. The van der Waals surface area contributed by atoms with Crippen molar-refractivity contribution in [1.82, 2.24) is 14.7 Å². The Morgan fingerprint density at radius 3 is 2.71 bits per heavy atom. The highest BCUT2D eigenvalue weighted by Gasteiger charge is 2.30. The van der Waals surface area contributed by atoms with Crippen LogP contribution in [0.2, 0.25) is 0 Å². The molecule has 1 aromatic carbocycles. The van der Waals surface area contributed by atoms with E-state index in [1.54, 1.807) is 4.90 Å². The Labute approximate surface area is 165 Å². The maximum atomic E-state index is 12.7. The van der Waals surface area contributed by atoms with Gasteiger partial charge >= 0.3 is 6.09 Å². The van der Waals surface area contributed by atoms with E-state index >= 15 is 0 Å². The van der Waals surface area contributed by atoms with Crippen molar-refractivity contribution in [3.8, 4) is 0 Å². The summed E-state index contributed by atoms with van der Waals surface area (Å²) in [5.74, 6) is 0.241. The van der Waals surface area contributed by atoms with Gasteiger partial charge in [-0.25, -0.2) is 4.79 Å². The largest absolute Gasteiger partial charge is 0.444 e. The van der Waals surface area contributed by atoms with Gasteiger partial charge in [-0.2, -0.15) is 9.78 Å². The summed E-state index contributed by atoms with van der Waals surface area (Å²) in [6.45, 7) is 8.32. The highest BCUT2D eigenvalue weighted by Crippen LogP contribution is 2.25. The predicted octanol–water partition coefficient (Wildman–Crippen LogP) is 3.34. The number of benzene rings is 1. The van der Waals surface area contributed by atoms with Crippen molar-refractivity contribution in [3.63, 3.8) is 0 Å². The average Bonchev–Trinajstić information content (AvgIpc) is 2.94. The van der Waals surface area contributed by atoms with E-state index in [0.29, 0.717) is 43.9 Å². The van der Waals surface area contributed by atoms with Gasteiger partial charge in [0.05, 0.1) is 12.2 Å². The molecule has 28 heavy (non-hydrogen) atoms. The number of rotatable bonds is 3. The van der Waals surface area contributed by atoms with E-state index in [1.807, 2.05) is 45.9 Å². The molecule has 3 rings (SSSR count). The number of aromatic nitrogens is 2. The summed E-state index contributed by atoms with van der Waals surface area (Å²) in [5.41, 5.74) is 9.43. The minimum Gasteiger partial charge on any atom is -0.444 e. The number of nitrogens with zero attached hydrogens (tertiary/aromatic N) is 3. The number of nitrogens with two attached hydrogens (primary N) is 1. The third-order valence-electron chi connectivity index (χ3n) is 4.68. The summed E-state index contributed by atoms with van der Waals surface area (Å²) < 4.78 is 6.72. The lowest BCUT2D eigenvalue weighted by Crippen LogP contribution is -2.39. The average molecular weight is 384 g/mol. The molecule has 0 aliphatic carbocycles. The number of ether oxygens (including phenoxy) is 1. The Morgan fingerprint density at radius 1 is 1.29 bits per heavy atom. The van der Waals surface area contributed by atoms with Crippen LogP contribution in [0.1, 0.15) is 54.4 Å². The van der Waals surface area contributed by atoms with Crippen molar-refractivity contribution >= 4 is 17.8 Å². The molecule has 2 heterocycles. The van der Waals surface area contributed by atoms with Gasteiger partial charge in [-0.1, -0.05) is 29.8 Å². The maximum Gasteiger partial charge on any atom is 0.410 e. The minimum absolute atomic E-state index is 0.141. The zero-order valence-electron chi connectivity index (χ0n) is 17.0. The molecule has 0 saturated carbocycles. The van der Waals surface area contributed by atoms with Crippen LogP contribution in [0.5, 0.6) is 0 Å². The number of anilines is 1. The van der Waals surface area contributed by atoms with Crippen molar-refractivity contribution in [3.05, 3.63) is 46.6 Å². The van der Waals surface area contributed by atoms with Crippen molar-refractivity contribution < 1.29 is 14.3 Å². The molecule has 150 valence electrons. The lowest BCUT2D eigenvalue weighted by molar-refractivity contribution is 0.0221. The van der Waals surface area contributed by atoms with Crippen LogP contribution < -0.4 is 5.73 Å². The van der Waals surface area contributed by atoms with Crippen LogP contribution in [0.15, 0.2) is 24.3 Å². The molecule has 7 nitrogen and oxygen atoms in total. The molecule has 1 aromatic heterocycles. The van der Waals surface area contributed by atoms with Gasteiger partial charge in [-0.3, -0.25) is 4.79 Å². The quantitative estimate of drug-likeness (QED) is 0.876. The fraction of sp³-hybridized carbons (Fsp3) is 0.476. The van der Waals surface area contributed by atoms with Gasteiger partial charge in [-0.15, -0.1) is 0 Å². The van der Waals surface area contributed by atoms with Crippen LogP contribution in [0.4, 0.5) is 10.6 Å². The SMILES string of the molecule is Cc1cccc(CCC(=O)n2nc3c(c2N)CCN(C(=O)OC(C)(C)C)C3)c1. The molecule has 0 bridgehead atoms. The highest BCUT2D eigenvalue weighted by atomic mass is 16.6. The van der Waals surface area contributed by atoms with Crippen molar-refractivity contribution in [2.24, 2.45) is 0 Å². The Bertz CT molecular complexity index is 896. The first-order chi connectivity index (χ1) is 13.1. The van der Waals surface area contributed by atoms with Crippen LogP contribution in [-0.4, -0.2) is 38.8 Å². The lowest BCUT2D eigenvalue weighted by Gasteiger charge is -2.29. The highest BCUT2D eigenvalue weighted by molar-refractivity contribution is 5.82. The molecule has 2 aromatic rings. The van der Waals surface area contributed by atoms with Crippen LogP contribution in [-0.2, 0) is 24.1 Å². The smallest absolute Gasteiger partial charge is 0.410 e. The number of fused-ring (bicyclic) bond motifs is 1. The Morgan fingerprint density at radius 2 is 2.04 bits per heavy atom. The monoisotopic (exact) mass is 384 g/mol. The molecule has 0 saturated heterocycles. The number of hydrogen-bond acceptors (Lipinski definition) is 5. The molecule has 1 amide bonds. The fourth-order valence-electron chi connectivity index (χ4n) is 3.31. The number of nitrogen functional groups attached to an aromatic ring is 1. The predicted molar refractivity (Wildman–Crippen MR) is 107 cm³/mol. The zero-order chi connectivity index (χ0) is 20.5. The summed E-state index contributed by atoms with van der Waals surface area (Å²) in [5, 5.41) is 4.40. The van der Waals surface area contributed by atoms with Crippen LogP contribution in [0, 0.1) is 6.92 Å². The summed E-state index contributed by atoms with van der Waals surface area (Å²) in [6.07, 6.45) is 1.14. The molecule has 2 N–H and O–H groups in total. The van der Waals surface area contributed by atoms with Gasteiger partial charge < -0.3 is 15.4 Å². The standard InChI is InChI=1S/C21H28N4O3/c1-14-6-5-7-15(12-14)8-9-18(26)25-19(22)16-10-11-24(13-17(16)23-25)20(27)28-21(2,3)4/h5-7,12H,8-11,13,22H2,1-4H3. The Hall–Kier alpha value is -2.83. The van der Waals surface area contributed by atoms with E-state index < -0.39 is 5.60 Å². The molecule has 0 radical (unpaired) electrons. The van der Waals surface area contributed by atoms with E-state index in [9.17, 15) is 9.59 Å². The maximum absolute atomic E-state index is 12.7. The number of aryl methyl sites for hydroxylation is 2. The number of carbonyl (C=O) groups excluding carboxylic acids is 2. The van der Waals surface area contributed by atoms with E-state index in [4.69, 9.17) is 10.5 Å². The first-order valence-electron chi connectivity index (χ1n) is 9.57. The third-order valence-corrected chi connectivity index (χ3v) is 4.68. The summed E-state index contributed by atoms with van der Waals surface area (Å²) in [6, 6.07) is 8.10. The molecule has 0 fully saturated rings. The summed E-state index contributed by atoms with van der Waals surface area (Å²) in [7, 11) is 0. The number of hydrogen-bond donors (Lipinski definition) is 1. The fourth-order valence-corrected chi connectivity index (χ4v) is 3.31. The van der Waals surface area contributed by atoms with E-state index in [1.165, 1.54) is 10.2 Å². The van der Waals surface area contributed by atoms with E-state index in [0.717, 1.165) is 11.1 Å². The first-order valence-corrected chi connectivity index (χ1v) is 9.57. The van der Waals surface area contributed by atoms with Gasteiger partial charge in [0.1, 0.15) is 11.4 Å². The minimum atomic E-state index is -0.554. The molecule has 1 aliphatic heterocycles. The molecule has 7 heteroatoms. The van der Waals surface area contributed by atoms with Crippen molar-refractivity contribution in [1.29, 1.82) is 0 Å². The Balaban J connectivity index is 1.69. The van der Waals surface area contributed by atoms with Crippen LogP contribution in [0.25, 0.3) is 0 Å². The number of carbonyl (C=O) groups is 2. The molecule has 0 unspecified atom stereocenters. The van der Waals surface area contributed by atoms with Crippen molar-refractivity contribution in [2.75, 3.05) is 12.3 Å². The zero-order valence-corrected chi connectivity index (χ0v) is 17.0. The second-order valence-corrected chi connectivity index (χ2v) is 8.26. The van der Waals surface area contributed by atoms with Gasteiger partial charge in [0.15, 0.2) is 0 Å². The topological polar surface area (TPSA) is 90.5 Å². The van der Waals surface area contributed by atoms with Gasteiger partial charge in [-0.05, 0) is 46.1 Å². The van der Waals surface area contributed by atoms with Gasteiger partial charge in [0, 0.05) is 18.5 Å². The summed E-state index contributed by atoms with van der Waals surface area (Å²) in [4.78, 5) is 26.6. The third kappa shape index (κ3) is 4.52. The van der Waals surface area contributed by atoms with Gasteiger partial charge in [0.2, 0.25) is 5.91 Å². The van der Waals surface area contributed by atoms with Crippen LogP contribution >= 0.6 is 0 Å². The molecule has 1 aliphatic rings. The lowest BCUT2D eigenvalue weighted by atomic mass is 10.1. The van der Waals surface area contributed by atoms with Gasteiger partial charge in [0.25, 0.3) is 0 Å². The first kappa shape index (κ1) is 19.9. The van der Waals surface area contributed by atoms with E-state index in [-0.39, 0.29) is 12.0 Å². The molecule has 0 spiro atoms. The normalized spacial score (nSPS) is 13.9. The van der Waals surface area contributed by atoms with Crippen LogP contribution in [0.3, 0.4) is 0 Å². The second-order valence-electron chi connectivity index (χ2n) is 8.26. The second kappa shape index (κ2) is 7.66. The molecular formula is C21H28N4O3. The van der Waals surface area contributed by atoms with E-state index in [2.05, 4.69) is 11.2 Å².